The van der Waals surface area contributed by atoms with Crippen molar-refractivity contribution < 1.29 is 19.1 Å². The van der Waals surface area contributed by atoms with Gasteiger partial charge in [-0.05, 0) is 33.1 Å². The first-order chi connectivity index (χ1) is 10.4. The van der Waals surface area contributed by atoms with Crippen molar-refractivity contribution in [3.63, 3.8) is 0 Å². The molecule has 8 heteroatoms. The van der Waals surface area contributed by atoms with Crippen LogP contribution in [0.5, 0.6) is 0 Å². The molecule has 1 atom stereocenters. The molecule has 1 aromatic heterocycles. The smallest absolute Gasteiger partial charge is 0.295 e. The van der Waals surface area contributed by atoms with Gasteiger partial charge in [-0.2, -0.15) is 5.10 Å². The molecular weight excluding hydrogens is 290 g/mol. The van der Waals surface area contributed by atoms with Crippen LogP contribution in [0.4, 0.5) is 0 Å². The first kappa shape index (κ1) is 15.4. The maximum Gasteiger partial charge on any atom is 0.295 e. The zero-order valence-corrected chi connectivity index (χ0v) is 12.9. The lowest BCUT2D eigenvalue weighted by Gasteiger charge is -2.37. The van der Waals surface area contributed by atoms with Crippen LogP contribution in [-0.2, 0) is 19.7 Å². The van der Waals surface area contributed by atoms with Crippen molar-refractivity contribution in [1.82, 2.24) is 9.78 Å². The van der Waals surface area contributed by atoms with E-state index in [4.69, 9.17) is 14.2 Å². The van der Waals surface area contributed by atoms with Crippen LogP contribution < -0.4 is 0 Å². The zero-order valence-electron chi connectivity index (χ0n) is 12.9. The Morgan fingerprint density at radius 3 is 2.68 bits per heavy atom. The van der Waals surface area contributed by atoms with Gasteiger partial charge in [-0.1, -0.05) is 0 Å². The molecule has 0 spiro atoms. The molecule has 22 heavy (non-hydrogen) atoms. The minimum atomic E-state index is -1.41. The predicted octanol–water partition coefficient (Wildman–Crippen LogP) is 1.84. The van der Waals surface area contributed by atoms with Gasteiger partial charge in [-0.25, -0.2) is 4.68 Å². The molecule has 0 saturated carbocycles. The first-order valence-corrected chi connectivity index (χ1v) is 7.52. The Hall–Kier alpha value is -1.51. The summed E-state index contributed by atoms with van der Waals surface area (Å²) in [5.74, 6) is -0.804. The van der Waals surface area contributed by atoms with Gasteiger partial charge in [0.25, 0.3) is 5.54 Å². The number of aromatic nitrogens is 2. The summed E-state index contributed by atoms with van der Waals surface area (Å²) in [6.45, 7) is 4.11. The van der Waals surface area contributed by atoms with Crippen molar-refractivity contribution in [3.05, 3.63) is 28.1 Å². The molecule has 0 N–H and O–H groups in total. The molecule has 0 aromatic carbocycles. The van der Waals surface area contributed by atoms with Gasteiger partial charge >= 0.3 is 0 Å². The van der Waals surface area contributed by atoms with Crippen molar-refractivity contribution in [3.8, 4) is 0 Å². The molecule has 2 fully saturated rings. The van der Waals surface area contributed by atoms with Gasteiger partial charge in [-0.3, -0.25) is 10.1 Å². The van der Waals surface area contributed by atoms with Gasteiger partial charge in [0.15, 0.2) is 5.79 Å². The molecule has 1 aromatic rings. The quantitative estimate of drug-likeness (QED) is 0.625. The van der Waals surface area contributed by atoms with E-state index in [2.05, 4.69) is 5.10 Å². The largest absolute Gasteiger partial charge is 0.357 e. The fourth-order valence-corrected chi connectivity index (χ4v) is 2.72. The Morgan fingerprint density at radius 2 is 2.09 bits per heavy atom. The van der Waals surface area contributed by atoms with Crippen LogP contribution in [0.1, 0.15) is 44.9 Å². The van der Waals surface area contributed by atoms with Crippen LogP contribution in [-0.4, -0.2) is 40.3 Å². The minimum absolute atomic E-state index is 0.0375. The maximum atomic E-state index is 11.7. The van der Waals surface area contributed by atoms with Crippen molar-refractivity contribution in [2.45, 2.75) is 50.7 Å². The number of hydrogen-bond acceptors (Lipinski definition) is 6. The number of nitro groups is 1. The number of ether oxygens (including phenoxy) is 3. The summed E-state index contributed by atoms with van der Waals surface area (Å²) < 4.78 is 18.4. The molecule has 2 aliphatic heterocycles. The molecule has 0 aliphatic carbocycles. The third-order valence-corrected chi connectivity index (χ3v) is 4.26. The second-order valence-electron chi connectivity index (χ2n) is 6.30. The molecule has 3 heterocycles. The van der Waals surface area contributed by atoms with E-state index in [9.17, 15) is 10.1 Å². The Kier molecular flexibility index (Phi) is 3.92. The molecule has 0 amide bonds. The van der Waals surface area contributed by atoms with Crippen LogP contribution in [0.25, 0.3) is 0 Å². The molecule has 0 bridgehead atoms. The average Bonchev–Trinajstić information content (AvgIpc) is 2.98. The number of nitrogens with zero attached hydrogens (tertiary/aromatic N) is 3. The lowest BCUT2D eigenvalue weighted by Crippen LogP contribution is -2.53. The van der Waals surface area contributed by atoms with E-state index in [1.807, 2.05) is 0 Å². The number of rotatable bonds is 3. The Bertz CT molecular complexity index is 540. The van der Waals surface area contributed by atoms with Gasteiger partial charge < -0.3 is 14.2 Å². The van der Waals surface area contributed by atoms with Crippen molar-refractivity contribution in [2.75, 3.05) is 19.8 Å². The summed E-state index contributed by atoms with van der Waals surface area (Å²) in [4.78, 5) is 11.3. The van der Waals surface area contributed by atoms with Crippen LogP contribution in [0.3, 0.4) is 0 Å². The van der Waals surface area contributed by atoms with E-state index >= 15 is 0 Å². The summed E-state index contributed by atoms with van der Waals surface area (Å²) in [6.07, 6.45) is 6.04. The fourth-order valence-electron chi connectivity index (χ4n) is 2.72. The average molecular weight is 311 g/mol. The highest BCUT2D eigenvalue weighted by Gasteiger charge is 2.52. The second kappa shape index (κ2) is 5.60. The minimum Gasteiger partial charge on any atom is -0.357 e. The Balaban J connectivity index is 1.84. The normalized spacial score (nSPS) is 27.5. The summed E-state index contributed by atoms with van der Waals surface area (Å²) in [7, 11) is 0. The van der Waals surface area contributed by atoms with E-state index in [0.717, 1.165) is 19.3 Å². The van der Waals surface area contributed by atoms with Crippen LogP contribution in [0, 0.1) is 10.1 Å². The topological polar surface area (TPSA) is 88.7 Å². The van der Waals surface area contributed by atoms with Gasteiger partial charge in [0.05, 0.1) is 11.8 Å². The molecule has 2 aliphatic rings. The maximum absolute atomic E-state index is 11.7. The predicted molar refractivity (Wildman–Crippen MR) is 75.7 cm³/mol. The molecule has 122 valence electrons. The van der Waals surface area contributed by atoms with E-state index in [1.54, 1.807) is 24.7 Å². The van der Waals surface area contributed by atoms with Crippen molar-refractivity contribution >= 4 is 0 Å². The molecule has 2 saturated heterocycles. The Morgan fingerprint density at radius 1 is 1.36 bits per heavy atom. The standard InChI is InChI=1S/C14H21N3O5/c1-13(2)21-9-14(10-22-13,17(18)19)11-7-15-16(8-11)12-5-3-4-6-20-12/h7-8,12H,3-6,9-10H2,1-2H3. The van der Waals surface area contributed by atoms with Crippen LogP contribution in [0.15, 0.2) is 12.4 Å². The third kappa shape index (κ3) is 2.73. The van der Waals surface area contributed by atoms with E-state index in [1.165, 1.54) is 6.20 Å². The van der Waals surface area contributed by atoms with Crippen molar-refractivity contribution in [1.29, 1.82) is 0 Å². The third-order valence-electron chi connectivity index (χ3n) is 4.26. The second-order valence-corrected chi connectivity index (χ2v) is 6.30. The van der Waals surface area contributed by atoms with Crippen LogP contribution >= 0.6 is 0 Å². The number of hydrogen-bond donors (Lipinski definition) is 0. The molecule has 3 rings (SSSR count). The van der Waals surface area contributed by atoms with Crippen LogP contribution in [0.2, 0.25) is 0 Å². The van der Waals surface area contributed by atoms with Gasteiger partial charge in [0, 0.05) is 17.7 Å². The molecule has 0 radical (unpaired) electrons. The molecule has 8 nitrogen and oxygen atoms in total. The highest BCUT2D eigenvalue weighted by molar-refractivity contribution is 5.17. The Labute approximate surface area is 128 Å². The van der Waals surface area contributed by atoms with Gasteiger partial charge in [0.2, 0.25) is 0 Å². The zero-order chi connectivity index (χ0) is 15.8. The highest BCUT2D eigenvalue weighted by atomic mass is 16.7. The SMILES string of the molecule is CC1(C)OCC(c2cnn(C3CCCCO3)c2)([N+](=O)[O-])CO1. The monoisotopic (exact) mass is 311 g/mol. The summed E-state index contributed by atoms with van der Waals surface area (Å²) in [6, 6.07) is 0. The summed E-state index contributed by atoms with van der Waals surface area (Å²) in [5.41, 5.74) is -0.926. The van der Waals surface area contributed by atoms with Gasteiger partial charge in [0.1, 0.15) is 19.4 Å². The van der Waals surface area contributed by atoms with Gasteiger partial charge in [-0.15, -0.1) is 0 Å². The fraction of sp³-hybridized carbons (Fsp3) is 0.786. The van der Waals surface area contributed by atoms with E-state index in [0.29, 0.717) is 12.2 Å². The van der Waals surface area contributed by atoms with Crippen molar-refractivity contribution in [2.24, 2.45) is 0 Å². The highest BCUT2D eigenvalue weighted by Crippen LogP contribution is 2.34. The lowest BCUT2D eigenvalue weighted by molar-refractivity contribution is -0.605. The first-order valence-electron chi connectivity index (χ1n) is 7.52. The molecule has 1 unspecified atom stereocenters. The van der Waals surface area contributed by atoms with E-state index < -0.39 is 11.3 Å². The summed E-state index contributed by atoms with van der Waals surface area (Å²) in [5, 5.41) is 15.9. The lowest BCUT2D eigenvalue weighted by atomic mass is 9.94. The molecular formula is C14H21N3O5. The van der Waals surface area contributed by atoms with E-state index in [-0.39, 0.29) is 24.4 Å². The summed E-state index contributed by atoms with van der Waals surface area (Å²) >= 11 is 0.